The van der Waals surface area contributed by atoms with Crippen molar-refractivity contribution in [3.63, 3.8) is 0 Å². The lowest BCUT2D eigenvalue weighted by atomic mass is 10.1. The zero-order valence-corrected chi connectivity index (χ0v) is 18.7. The quantitative estimate of drug-likeness (QED) is 0.441. The van der Waals surface area contributed by atoms with Crippen molar-refractivity contribution in [1.82, 2.24) is 34.0 Å². The molecule has 0 atom stereocenters. The summed E-state index contributed by atoms with van der Waals surface area (Å²) in [5, 5.41) is 17.1. The van der Waals surface area contributed by atoms with Crippen molar-refractivity contribution >= 4 is 22.6 Å². The third kappa shape index (κ3) is 3.76. The molecule has 4 aromatic rings. The first-order valence-electron chi connectivity index (χ1n) is 10.3. The van der Waals surface area contributed by atoms with Crippen molar-refractivity contribution in [2.45, 2.75) is 26.7 Å². The lowest BCUT2D eigenvalue weighted by molar-refractivity contribution is 0.0948. The molecule has 11 nitrogen and oxygen atoms in total. The van der Waals surface area contributed by atoms with E-state index in [-0.39, 0.29) is 16.7 Å². The minimum Gasteiger partial charge on any atom is -0.351 e. The van der Waals surface area contributed by atoms with E-state index in [1.54, 1.807) is 4.52 Å². The molecule has 4 heterocycles. The number of hydrogen-bond acceptors (Lipinski definition) is 7. The average Bonchev–Trinajstić information content (AvgIpc) is 3.16. The van der Waals surface area contributed by atoms with Crippen molar-refractivity contribution in [3.8, 4) is 6.07 Å². The van der Waals surface area contributed by atoms with Gasteiger partial charge in [-0.3, -0.25) is 18.7 Å². The van der Waals surface area contributed by atoms with Gasteiger partial charge in [0.2, 0.25) is 0 Å². The summed E-state index contributed by atoms with van der Waals surface area (Å²) >= 11 is 0. The van der Waals surface area contributed by atoms with Crippen LogP contribution in [0.5, 0.6) is 0 Å². The van der Waals surface area contributed by atoms with Gasteiger partial charge in [-0.15, -0.1) is 0 Å². The summed E-state index contributed by atoms with van der Waals surface area (Å²) in [4.78, 5) is 45.6. The van der Waals surface area contributed by atoms with E-state index in [1.807, 2.05) is 19.9 Å². The van der Waals surface area contributed by atoms with Crippen LogP contribution < -0.4 is 16.6 Å². The number of carbonyl (C=O) groups is 1. The third-order valence-corrected chi connectivity index (χ3v) is 5.49. The Labute approximate surface area is 187 Å². The van der Waals surface area contributed by atoms with Gasteiger partial charge in [-0.25, -0.2) is 19.3 Å². The molecule has 33 heavy (non-hydrogen) atoms. The smallest absolute Gasteiger partial charge is 0.332 e. The highest BCUT2D eigenvalue weighted by molar-refractivity contribution is 5.94. The summed E-state index contributed by atoms with van der Waals surface area (Å²) in [6.45, 7) is 4.10. The predicted molar refractivity (Wildman–Crippen MR) is 120 cm³/mol. The third-order valence-electron chi connectivity index (χ3n) is 5.49. The zero-order chi connectivity index (χ0) is 23.9. The second-order valence-corrected chi connectivity index (χ2v) is 7.84. The largest absolute Gasteiger partial charge is 0.351 e. The number of aryl methyl sites for hydroxylation is 4. The van der Waals surface area contributed by atoms with E-state index in [0.717, 1.165) is 16.0 Å². The van der Waals surface area contributed by atoms with E-state index in [0.29, 0.717) is 36.3 Å². The summed E-state index contributed by atoms with van der Waals surface area (Å²) in [7, 11) is 2.89. The van der Waals surface area contributed by atoms with Crippen molar-refractivity contribution in [1.29, 1.82) is 5.26 Å². The number of nitrogens with one attached hydrogen (secondary N) is 1. The normalized spacial score (nSPS) is 11.1. The van der Waals surface area contributed by atoms with Gasteiger partial charge in [0.15, 0.2) is 5.65 Å². The number of nitriles is 1. The van der Waals surface area contributed by atoms with E-state index in [4.69, 9.17) is 0 Å². The van der Waals surface area contributed by atoms with Crippen molar-refractivity contribution in [2.75, 3.05) is 6.54 Å². The molecule has 4 aromatic heterocycles. The molecule has 0 aliphatic heterocycles. The molecular weight excluding hydrogens is 424 g/mol. The van der Waals surface area contributed by atoms with E-state index in [1.165, 1.54) is 30.8 Å². The molecule has 0 saturated carbocycles. The second-order valence-electron chi connectivity index (χ2n) is 7.84. The van der Waals surface area contributed by atoms with Gasteiger partial charge < -0.3 is 5.32 Å². The van der Waals surface area contributed by atoms with Gasteiger partial charge in [0.1, 0.15) is 23.0 Å². The fourth-order valence-corrected chi connectivity index (χ4v) is 3.78. The fraction of sp³-hybridized carbons (Fsp3) is 0.318. The maximum absolute atomic E-state index is 12.6. The Bertz CT molecular complexity index is 1590. The van der Waals surface area contributed by atoms with Crippen molar-refractivity contribution in [3.05, 3.63) is 67.4 Å². The Morgan fingerprint density at radius 1 is 1.12 bits per heavy atom. The number of rotatable bonds is 5. The first-order valence-corrected chi connectivity index (χ1v) is 10.3. The van der Waals surface area contributed by atoms with E-state index in [2.05, 4.69) is 26.5 Å². The Kier molecular flexibility index (Phi) is 5.51. The van der Waals surface area contributed by atoms with Crippen molar-refractivity contribution in [2.24, 2.45) is 14.1 Å². The number of aromatic nitrogens is 6. The van der Waals surface area contributed by atoms with Gasteiger partial charge in [0.05, 0.1) is 11.1 Å². The molecule has 0 aliphatic carbocycles. The highest BCUT2D eigenvalue weighted by atomic mass is 16.2. The molecule has 1 amide bonds. The number of amides is 1. The van der Waals surface area contributed by atoms with Crippen LogP contribution in [-0.2, 0) is 20.5 Å². The Morgan fingerprint density at radius 3 is 2.61 bits per heavy atom. The number of fused-ring (bicyclic) bond motifs is 2. The Hall–Kier alpha value is -4.33. The summed E-state index contributed by atoms with van der Waals surface area (Å²) in [6, 6.07) is 7.03. The molecule has 0 spiro atoms. The van der Waals surface area contributed by atoms with Gasteiger partial charge in [0.25, 0.3) is 11.5 Å². The van der Waals surface area contributed by atoms with Crippen LogP contribution in [0.4, 0.5) is 0 Å². The zero-order valence-electron chi connectivity index (χ0n) is 18.7. The number of hydrogen-bond donors (Lipinski definition) is 1. The summed E-state index contributed by atoms with van der Waals surface area (Å²) in [6.07, 6.45) is 1.04. The maximum Gasteiger partial charge on any atom is 0.332 e. The molecule has 0 radical (unpaired) electrons. The molecule has 0 bridgehead atoms. The molecule has 0 unspecified atom stereocenters. The van der Waals surface area contributed by atoms with Gasteiger partial charge in [-0.05, 0) is 44.9 Å². The van der Waals surface area contributed by atoms with Crippen LogP contribution in [0.25, 0.3) is 16.7 Å². The highest BCUT2D eigenvalue weighted by Gasteiger charge is 2.16. The maximum atomic E-state index is 12.6. The number of pyridine rings is 1. The van der Waals surface area contributed by atoms with E-state index >= 15 is 0 Å². The molecule has 0 fully saturated rings. The summed E-state index contributed by atoms with van der Waals surface area (Å²) in [5.74, 6) is -0.423. The summed E-state index contributed by atoms with van der Waals surface area (Å²) in [5.41, 5.74) is 2.57. The van der Waals surface area contributed by atoms with Gasteiger partial charge in [-0.1, -0.05) is 0 Å². The number of nitrogens with zero attached hydrogens (tertiary/aromatic N) is 7. The van der Waals surface area contributed by atoms with Crippen LogP contribution in [0, 0.1) is 25.2 Å². The van der Waals surface area contributed by atoms with Gasteiger partial charge >= 0.3 is 5.69 Å². The SMILES string of the molecule is Cc1cc(C)n2nc(CCCNC(=O)c3ccc4c(=O)n(C)c(=O)n(C)c4n3)c(C#N)c2n1. The second kappa shape index (κ2) is 8.31. The van der Waals surface area contributed by atoms with Crippen LogP contribution in [0.15, 0.2) is 27.8 Å². The minimum atomic E-state index is -0.516. The lowest BCUT2D eigenvalue weighted by Gasteiger charge is -2.08. The topological polar surface area (TPSA) is 140 Å². The van der Waals surface area contributed by atoms with E-state index in [9.17, 15) is 19.6 Å². The molecule has 168 valence electrons. The number of carbonyl (C=O) groups excluding carboxylic acids is 1. The Morgan fingerprint density at radius 2 is 1.88 bits per heavy atom. The average molecular weight is 446 g/mol. The standard InChI is InChI=1S/C22H22N8O3/c1-12-10-13(2)30-19(25-12)15(11-23)16(27-30)6-5-9-24-20(31)17-8-7-14-18(26-17)28(3)22(33)29(4)21(14)32/h7-8,10H,5-6,9H2,1-4H3,(H,24,31). The molecule has 0 saturated heterocycles. The minimum absolute atomic E-state index is 0.103. The van der Waals surface area contributed by atoms with Gasteiger partial charge in [-0.2, -0.15) is 10.4 Å². The van der Waals surface area contributed by atoms with Crippen LogP contribution in [0.3, 0.4) is 0 Å². The molecular formula is C22H22N8O3. The van der Waals surface area contributed by atoms with Crippen LogP contribution in [0.2, 0.25) is 0 Å². The molecule has 0 aliphatic rings. The van der Waals surface area contributed by atoms with Crippen LogP contribution in [-0.4, -0.2) is 41.2 Å². The highest BCUT2D eigenvalue weighted by Crippen LogP contribution is 2.17. The monoisotopic (exact) mass is 446 g/mol. The van der Waals surface area contributed by atoms with Crippen LogP contribution >= 0.6 is 0 Å². The van der Waals surface area contributed by atoms with Gasteiger partial charge in [0, 0.05) is 32.0 Å². The molecule has 4 rings (SSSR count). The molecule has 1 N–H and O–H groups in total. The van der Waals surface area contributed by atoms with Crippen LogP contribution in [0.1, 0.15) is 39.6 Å². The van der Waals surface area contributed by atoms with Crippen molar-refractivity contribution < 1.29 is 4.79 Å². The lowest BCUT2D eigenvalue weighted by Crippen LogP contribution is -2.37. The first kappa shape index (κ1) is 21.9. The van der Waals surface area contributed by atoms with E-state index < -0.39 is 17.2 Å². The predicted octanol–water partition coefficient (Wildman–Crippen LogP) is 0.526. The molecule has 0 aromatic carbocycles. The first-order chi connectivity index (χ1) is 15.7. The summed E-state index contributed by atoms with van der Waals surface area (Å²) < 4.78 is 3.89. The fourth-order valence-electron chi connectivity index (χ4n) is 3.78. The molecule has 11 heteroatoms. The Balaban J connectivity index is 1.48.